The molecule has 1 saturated heterocycles. The molecule has 1 fully saturated rings. The van der Waals surface area contributed by atoms with Crippen LogP contribution in [0.1, 0.15) is 47.4 Å². The molecule has 2 aromatic carbocycles. The van der Waals surface area contributed by atoms with Crippen molar-refractivity contribution in [3.63, 3.8) is 0 Å². The number of nitrogens with zero attached hydrogens (tertiary/aromatic N) is 1. The maximum absolute atomic E-state index is 5.73. The molecule has 0 saturated carbocycles. The van der Waals surface area contributed by atoms with Crippen molar-refractivity contribution in [2.45, 2.75) is 51.1 Å². The van der Waals surface area contributed by atoms with Crippen LogP contribution in [0, 0.1) is 6.92 Å². The number of hydrogen-bond acceptors (Lipinski definition) is 2. The first-order chi connectivity index (χ1) is 11.8. The number of piperidine rings is 1. The molecule has 2 nitrogen and oxygen atoms in total. The summed E-state index contributed by atoms with van der Waals surface area (Å²) in [4.78, 5) is 2.72. The minimum absolute atomic E-state index is 0.667. The van der Waals surface area contributed by atoms with Gasteiger partial charge in [0, 0.05) is 12.6 Å². The second kappa shape index (κ2) is 6.60. The Morgan fingerprint density at radius 3 is 2.71 bits per heavy atom. The number of methoxy groups -OCH3 is 1. The van der Waals surface area contributed by atoms with E-state index in [-0.39, 0.29) is 0 Å². The van der Waals surface area contributed by atoms with Crippen LogP contribution in [-0.4, -0.2) is 24.6 Å². The molecule has 0 amide bonds. The van der Waals surface area contributed by atoms with Crippen molar-refractivity contribution in [1.82, 2.24) is 4.90 Å². The van der Waals surface area contributed by atoms with Gasteiger partial charge in [-0.25, -0.2) is 0 Å². The van der Waals surface area contributed by atoms with Gasteiger partial charge in [0.15, 0.2) is 0 Å². The van der Waals surface area contributed by atoms with E-state index >= 15 is 0 Å². The average molecular weight is 321 g/mol. The zero-order valence-corrected chi connectivity index (χ0v) is 14.8. The molecule has 0 spiro atoms. The summed E-state index contributed by atoms with van der Waals surface area (Å²) in [7, 11) is 1.82. The lowest BCUT2D eigenvalue weighted by atomic mass is 9.73. The molecular formula is C22H27NO. The second-order valence-electron chi connectivity index (χ2n) is 7.29. The van der Waals surface area contributed by atoms with Crippen molar-refractivity contribution in [2.75, 3.05) is 13.7 Å². The van der Waals surface area contributed by atoms with Gasteiger partial charge in [0.05, 0.1) is 7.11 Å². The van der Waals surface area contributed by atoms with E-state index < -0.39 is 0 Å². The van der Waals surface area contributed by atoms with E-state index in [1.165, 1.54) is 42.5 Å². The quantitative estimate of drug-likeness (QED) is 0.812. The third kappa shape index (κ3) is 2.73. The summed E-state index contributed by atoms with van der Waals surface area (Å²) in [6, 6.07) is 16.2. The molecule has 2 atom stereocenters. The summed E-state index contributed by atoms with van der Waals surface area (Å²) in [6.45, 7) is 4.47. The van der Waals surface area contributed by atoms with Gasteiger partial charge in [-0.2, -0.15) is 0 Å². The Labute approximate surface area is 145 Å². The third-order valence-corrected chi connectivity index (χ3v) is 5.91. The fourth-order valence-electron chi connectivity index (χ4n) is 4.83. The summed E-state index contributed by atoms with van der Waals surface area (Å²) in [5.41, 5.74) is 5.73. The van der Waals surface area contributed by atoms with Crippen molar-refractivity contribution in [3.8, 4) is 5.75 Å². The zero-order valence-electron chi connectivity index (χ0n) is 14.8. The van der Waals surface area contributed by atoms with E-state index in [1.54, 1.807) is 5.56 Å². The Kier molecular flexibility index (Phi) is 4.32. The first-order valence-electron chi connectivity index (χ1n) is 9.22. The van der Waals surface area contributed by atoms with Crippen LogP contribution >= 0.6 is 0 Å². The highest BCUT2D eigenvalue weighted by molar-refractivity contribution is 5.49. The molecule has 2 aliphatic rings. The minimum atomic E-state index is 0.667. The van der Waals surface area contributed by atoms with Gasteiger partial charge >= 0.3 is 0 Å². The van der Waals surface area contributed by atoms with Gasteiger partial charge in [0.2, 0.25) is 0 Å². The van der Waals surface area contributed by atoms with Gasteiger partial charge in [0.25, 0.3) is 0 Å². The smallest absolute Gasteiger partial charge is 0.125 e. The second-order valence-corrected chi connectivity index (χ2v) is 7.29. The summed E-state index contributed by atoms with van der Waals surface area (Å²) in [5, 5.41) is 0. The van der Waals surface area contributed by atoms with Gasteiger partial charge in [-0.3, -0.25) is 4.90 Å². The fourth-order valence-corrected chi connectivity index (χ4v) is 4.83. The molecule has 2 heteroatoms. The van der Waals surface area contributed by atoms with E-state index in [0.717, 1.165) is 18.7 Å². The lowest BCUT2D eigenvalue weighted by molar-refractivity contribution is 0.104. The number of likely N-dealkylation sites (tertiary alicyclic amines) is 1. The summed E-state index contributed by atoms with van der Waals surface area (Å²) >= 11 is 0. The zero-order chi connectivity index (χ0) is 16.5. The van der Waals surface area contributed by atoms with E-state index in [9.17, 15) is 0 Å². The van der Waals surface area contributed by atoms with Crippen LogP contribution in [0.2, 0.25) is 0 Å². The molecule has 0 aromatic heterocycles. The van der Waals surface area contributed by atoms with Gasteiger partial charge in [-0.1, -0.05) is 42.5 Å². The number of hydrogen-bond donors (Lipinski definition) is 0. The van der Waals surface area contributed by atoms with Crippen molar-refractivity contribution in [3.05, 3.63) is 64.7 Å². The molecule has 1 aliphatic carbocycles. The maximum Gasteiger partial charge on any atom is 0.125 e. The van der Waals surface area contributed by atoms with Crippen LogP contribution in [0.15, 0.2) is 42.5 Å². The molecule has 1 aliphatic heterocycles. The van der Waals surface area contributed by atoms with Crippen molar-refractivity contribution < 1.29 is 4.74 Å². The summed E-state index contributed by atoms with van der Waals surface area (Å²) < 4.78 is 5.73. The molecule has 126 valence electrons. The highest BCUT2D eigenvalue weighted by atomic mass is 16.5. The lowest BCUT2D eigenvalue weighted by Gasteiger charge is -2.45. The first kappa shape index (κ1) is 15.7. The van der Waals surface area contributed by atoms with Crippen LogP contribution in [0.25, 0.3) is 0 Å². The molecule has 2 aromatic rings. The van der Waals surface area contributed by atoms with Gasteiger partial charge in [-0.15, -0.1) is 0 Å². The standard InChI is InChI=1S/C22H27NO/c1-16-10-11-18-19-9-6-14-23(15-17-7-4-3-5-8-17)21(19)13-12-20(18)22(16)24-2/h3-5,7-8,10-11,19,21H,6,9,12-15H2,1-2H3/t19-,21-/m0/s1. The Balaban J connectivity index is 1.63. The SMILES string of the molecule is COc1c(C)ccc2c1CC[C@H]1[C@H]2CCCN1Cc1ccccc1. The van der Waals surface area contributed by atoms with Crippen molar-refractivity contribution in [2.24, 2.45) is 0 Å². The van der Waals surface area contributed by atoms with E-state index in [2.05, 4.69) is 54.3 Å². The number of rotatable bonds is 3. The maximum atomic E-state index is 5.73. The molecule has 24 heavy (non-hydrogen) atoms. The Bertz CT molecular complexity index is 709. The van der Waals surface area contributed by atoms with Gasteiger partial charge in [-0.05, 0) is 67.3 Å². The molecule has 4 rings (SSSR count). The number of benzene rings is 2. The Morgan fingerprint density at radius 2 is 1.92 bits per heavy atom. The van der Waals surface area contributed by atoms with Crippen LogP contribution in [0.3, 0.4) is 0 Å². The molecule has 0 N–H and O–H groups in total. The minimum Gasteiger partial charge on any atom is -0.496 e. The first-order valence-corrected chi connectivity index (χ1v) is 9.22. The highest BCUT2D eigenvalue weighted by Gasteiger charge is 2.37. The van der Waals surface area contributed by atoms with Crippen molar-refractivity contribution >= 4 is 0 Å². The molecule has 0 unspecified atom stereocenters. The van der Waals surface area contributed by atoms with Gasteiger partial charge in [0.1, 0.15) is 5.75 Å². The monoisotopic (exact) mass is 321 g/mol. The van der Waals surface area contributed by atoms with Crippen LogP contribution < -0.4 is 4.74 Å². The number of fused-ring (bicyclic) bond motifs is 3. The van der Waals surface area contributed by atoms with E-state index in [1.807, 2.05) is 7.11 Å². The third-order valence-electron chi connectivity index (χ3n) is 5.91. The Hall–Kier alpha value is -1.80. The number of ether oxygens (including phenoxy) is 1. The summed E-state index contributed by atoms with van der Waals surface area (Å²) in [5.74, 6) is 1.80. The lowest BCUT2D eigenvalue weighted by Crippen LogP contribution is -2.45. The van der Waals surface area contributed by atoms with Crippen LogP contribution in [0.4, 0.5) is 0 Å². The van der Waals surface area contributed by atoms with Crippen molar-refractivity contribution in [1.29, 1.82) is 0 Å². The van der Waals surface area contributed by atoms with E-state index in [4.69, 9.17) is 4.74 Å². The molecule has 0 bridgehead atoms. The number of aryl methyl sites for hydroxylation is 1. The largest absolute Gasteiger partial charge is 0.496 e. The van der Waals surface area contributed by atoms with E-state index in [0.29, 0.717) is 12.0 Å². The predicted octanol–water partition coefficient (Wildman–Crippen LogP) is 4.70. The molecular weight excluding hydrogens is 294 g/mol. The fraction of sp³-hybridized carbons (Fsp3) is 0.455. The normalized spacial score (nSPS) is 23.4. The molecule has 0 radical (unpaired) electrons. The van der Waals surface area contributed by atoms with Crippen LogP contribution in [0.5, 0.6) is 5.75 Å². The molecule has 1 heterocycles. The van der Waals surface area contributed by atoms with Crippen LogP contribution in [-0.2, 0) is 13.0 Å². The van der Waals surface area contributed by atoms with Gasteiger partial charge < -0.3 is 4.74 Å². The predicted molar refractivity (Wildman–Crippen MR) is 98.7 cm³/mol. The average Bonchev–Trinajstić information content (AvgIpc) is 2.62. The highest BCUT2D eigenvalue weighted by Crippen LogP contribution is 2.44. The topological polar surface area (TPSA) is 12.5 Å². The Morgan fingerprint density at radius 1 is 1.08 bits per heavy atom. The summed E-state index contributed by atoms with van der Waals surface area (Å²) in [6.07, 6.45) is 5.01.